The van der Waals surface area contributed by atoms with E-state index in [4.69, 9.17) is 9.84 Å². The lowest BCUT2D eigenvalue weighted by atomic mass is 9.98. The molecule has 3 rings (SSSR count). The number of nitrogens with one attached hydrogen (secondary N) is 2. The van der Waals surface area contributed by atoms with Crippen LogP contribution in [0.25, 0.3) is 11.1 Å². The third kappa shape index (κ3) is 4.77. The zero-order valence-electron chi connectivity index (χ0n) is 16.8. The van der Waals surface area contributed by atoms with Gasteiger partial charge >= 0.3 is 12.1 Å². The third-order valence-corrected chi connectivity index (χ3v) is 4.93. The van der Waals surface area contributed by atoms with Crippen LogP contribution in [0.2, 0.25) is 0 Å². The number of alkyl carbamates (subject to hydrolysis) is 1. The van der Waals surface area contributed by atoms with E-state index in [-0.39, 0.29) is 18.4 Å². The van der Waals surface area contributed by atoms with Gasteiger partial charge in [-0.1, -0.05) is 62.4 Å². The summed E-state index contributed by atoms with van der Waals surface area (Å²) in [6.45, 7) is 2.93. The number of aliphatic carboxylic acids is 1. The van der Waals surface area contributed by atoms with Crippen LogP contribution < -0.4 is 10.8 Å². The summed E-state index contributed by atoms with van der Waals surface area (Å²) in [6, 6.07) is 15.1. The Hall–Kier alpha value is -3.39. The van der Waals surface area contributed by atoms with E-state index in [1.165, 1.54) is 0 Å². The van der Waals surface area contributed by atoms with E-state index >= 15 is 0 Å². The van der Waals surface area contributed by atoms with Crippen molar-refractivity contribution < 1.29 is 29.1 Å². The molecule has 0 radical (unpaired) electrons. The highest BCUT2D eigenvalue weighted by Gasteiger charge is 2.30. The van der Waals surface area contributed by atoms with Gasteiger partial charge in [0, 0.05) is 5.92 Å². The van der Waals surface area contributed by atoms with Gasteiger partial charge in [-0.3, -0.25) is 9.63 Å². The van der Waals surface area contributed by atoms with Crippen molar-refractivity contribution >= 4 is 18.0 Å². The van der Waals surface area contributed by atoms with Crippen LogP contribution in [-0.2, 0) is 19.2 Å². The Morgan fingerprint density at radius 1 is 1.00 bits per heavy atom. The predicted octanol–water partition coefficient (Wildman–Crippen LogP) is 2.68. The highest BCUT2D eigenvalue weighted by Crippen LogP contribution is 2.44. The fourth-order valence-electron chi connectivity index (χ4n) is 3.53. The Morgan fingerprint density at radius 3 is 2.10 bits per heavy atom. The summed E-state index contributed by atoms with van der Waals surface area (Å²) >= 11 is 0. The molecule has 8 nitrogen and oxygen atoms in total. The van der Waals surface area contributed by atoms with Gasteiger partial charge in [0.25, 0.3) is 5.91 Å². The number of ether oxygens (including phenoxy) is 1. The van der Waals surface area contributed by atoms with Crippen LogP contribution in [0.4, 0.5) is 4.79 Å². The van der Waals surface area contributed by atoms with Crippen LogP contribution >= 0.6 is 0 Å². The largest absolute Gasteiger partial charge is 0.479 e. The van der Waals surface area contributed by atoms with E-state index in [1.807, 2.05) is 54.0 Å². The minimum Gasteiger partial charge on any atom is -0.479 e. The van der Waals surface area contributed by atoms with E-state index in [2.05, 4.69) is 10.2 Å². The van der Waals surface area contributed by atoms with Crippen molar-refractivity contribution in [1.29, 1.82) is 0 Å². The second kappa shape index (κ2) is 9.41. The van der Waals surface area contributed by atoms with Crippen molar-refractivity contribution in [2.45, 2.75) is 25.8 Å². The molecule has 30 heavy (non-hydrogen) atoms. The fraction of sp³-hybridized carbons (Fsp3) is 0.318. The van der Waals surface area contributed by atoms with Gasteiger partial charge in [-0.05, 0) is 28.2 Å². The molecule has 0 aliphatic heterocycles. The Labute approximate surface area is 174 Å². The zero-order valence-corrected chi connectivity index (χ0v) is 16.8. The summed E-state index contributed by atoms with van der Waals surface area (Å²) < 4.78 is 5.45. The van der Waals surface area contributed by atoms with E-state index in [0.29, 0.717) is 0 Å². The van der Waals surface area contributed by atoms with Gasteiger partial charge in [-0.15, -0.1) is 0 Å². The smallest absolute Gasteiger partial charge is 0.407 e. The van der Waals surface area contributed by atoms with Crippen LogP contribution in [0.1, 0.15) is 30.9 Å². The monoisotopic (exact) mass is 412 g/mol. The minimum atomic E-state index is -1.22. The SMILES string of the molecule is CC(C)[C@H](NC(=O)OCC1c2ccccc2-c2ccccc21)C(=O)NOCC(=O)O. The molecule has 0 unspecified atom stereocenters. The van der Waals surface area contributed by atoms with Gasteiger partial charge in [0.2, 0.25) is 0 Å². The molecule has 2 aromatic carbocycles. The first-order chi connectivity index (χ1) is 14.4. The van der Waals surface area contributed by atoms with Gasteiger partial charge in [-0.2, -0.15) is 0 Å². The number of fused-ring (bicyclic) bond motifs is 3. The van der Waals surface area contributed by atoms with Gasteiger partial charge in [0.1, 0.15) is 12.6 Å². The molecular formula is C22H24N2O6. The quantitative estimate of drug-likeness (QED) is 0.575. The zero-order chi connectivity index (χ0) is 21.7. The number of hydroxylamine groups is 1. The summed E-state index contributed by atoms with van der Waals surface area (Å²) in [5, 5.41) is 11.1. The Balaban J connectivity index is 1.62. The third-order valence-electron chi connectivity index (χ3n) is 4.93. The van der Waals surface area contributed by atoms with Crippen LogP contribution in [0.3, 0.4) is 0 Å². The molecule has 0 saturated carbocycles. The lowest BCUT2D eigenvalue weighted by Gasteiger charge is -2.21. The molecule has 2 aromatic rings. The molecule has 8 heteroatoms. The molecule has 1 aliphatic rings. The van der Waals surface area contributed by atoms with Gasteiger partial charge in [0.05, 0.1) is 0 Å². The fourth-order valence-corrected chi connectivity index (χ4v) is 3.53. The highest BCUT2D eigenvalue weighted by molar-refractivity contribution is 5.85. The van der Waals surface area contributed by atoms with Crippen molar-refractivity contribution in [3.63, 3.8) is 0 Å². The summed E-state index contributed by atoms with van der Waals surface area (Å²) in [4.78, 5) is 39.6. The Bertz CT molecular complexity index is 897. The molecule has 1 atom stereocenters. The lowest BCUT2D eigenvalue weighted by Crippen LogP contribution is -2.50. The number of rotatable bonds is 8. The number of carboxylic acids is 1. The molecule has 0 spiro atoms. The van der Waals surface area contributed by atoms with Gasteiger partial charge in [-0.25, -0.2) is 15.1 Å². The maximum atomic E-state index is 12.4. The summed E-state index contributed by atoms with van der Waals surface area (Å²) in [6.07, 6.45) is -0.732. The van der Waals surface area contributed by atoms with Gasteiger partial charge < -0.3 is 15.2 Å². The second-order valence-corrected chi connectivity index (χ2v) is 7.34. The standard InChI is InChI=1S/C22H24N2O6/c1-13(2)20(21(27)24-30-12-19(25)26)23-22(28)29-11-18-16-9-5-3-7-14(16)15-8-4-6-10-17(15)18/h3-10,13,18,20H,11-12H2,1-2H3,(H,23,28)(H,24,27)(H,25,26)/t20-/m0/s1. The normalized spacial score (nSPS) is 13.3. The number of hydrogen-bond donors (Lipinski definition) is 3. The molecule has 0 saturated heterocycles. The predicted molar refractivity (Wildman–Crippen MR) is 109 cm³/mol. The molecule has 158 valence electrons. The highest BCUT2D eigenvalue weighted by atomic mass is 16.7. The molecule has 3 N–H and O–H groups in total. The number of amides is 2. The van der Waals surface area contributed by atoms with E-state index in [0.717, 1.165) is 22.3 Å². The molecule has 0 aromatic heterocycles. The van der Waals surface area contributed by atoms with E-state index in [9.17, 15) is 14.4 Å². The maximum absolute atomic E-state index is 12.4. The lowest BCUT2D eigenvalue weighted by molar-refractivity contribution is -0.150. The van der Waals surface area contributed by atoms with Crippen LogP contribution in [-0.4, -0.2) is 42.3 Å². The minimum absolute atomic E-state index is 0.0895. The average molecular weight is 412 g/mol. The summed E-state index contributed by atoms with van der Waals surface area (Å²) in [7, 11) is 0. The van der Waals surface area contributed by atoms with Crippen molar-refractivity contribution in [1.82, 2.24) is 10.8 Å². The molecular weight excluding hydrogens is 388 g/mol. The molecule has 0 heterocycles. The van der Waals surface area contributed by atoms with Crippen molar-refractivity contribution in [3.8, 4) is 11.1 Å². The van der Waals surface area contributed by atoms with Crippen molar-refractivity contribution in [2.75, 3.05) is 13.2 Å². The number of carbonyl (C=O) groups excluding carboxylic acids is 2. The first-order valence-electron chi connectivity index (χ1n) is 9.63. The molecule has 0 bridgehead atoms. The average Bonchev–Trinajstić information content (AvgIpc) is 3.03. The van der Waals surface area contributed by atoms with Crippen LogP contribution in [0, 0.1) is 5.92 Å². The van der Waals surface area contributed by atoms with E-state index in [1.54, 1.807) is 13.8 Å². The molecule has 1 aliphatic carbocycles. The Kier molecular flexibility index (Phi) is 6.68. The summed E-state index contributed by atoms with van der Waals surface area (Å²) in [5.74, 6) is -2.23. The summed E-state index contributed by atoms with van der Waals surface area (Å²) in [5.41, 5.74) is 6.46. The van der Waals surface area contributed by atoms with Crippen molar-refractivity contribution in [2.24, 2.45) is 5.92 Å². The number of benzene rings is 2. The Morgan fingerprint density at radius 2 is 1.57 bits per heavy atom. The number of carbonyl (C=O) groups is 3. The van der Waals surface area contributed by atoms with Gasteiger partial charge in [0.15, 0.2) is 6.61 Å². The van der Waals surface area contributed by atoms with Crippen LogP contribution in [0.5, 0.6) is 0 Å². The molecule has 2 amide bonds. The van der Waals surface area contributed by atoms with Crippen LogP contribution in [0.15, 0.2) is 48.5 Å². The first kappa shape index (κ1) is 21.3. The second-order valence-electron chi connectivity index (χ2n) is 7.34. The molecule has 0 fully saturated rings. The maximum Gasteiger partial charge on any atom is 0.407 e. The topological polar surface area (TPSA) is 114 Å². The first-order valence-corrected chi connectivity index (χ1v) is 9.63. The number of carboxylic acid groups (broad SMARTS) is 1. The van der Waals surface area contributed by atoms with E-state index < -0.39 is 30.6 Å². The number of hydrogen-bond acceptors (Lipinski definition) is 5. The van der Waals surface area contributed by atoms with Crippen molar-refractivity contribution in [3.05, 3.63) is 59.7 Å².